The molecular weight excluding hydrogens is 292 g/mol. The fourth-order valence-corrected chi connectivity index (χ4v) is 3.94. The molecule has 0 spiro atoms. The Labute approximate surface area is 141 Å². The van der Waals surface area contributed by atoms with Crippen molar-refractivity contribution in [3.8, 4) is 0 Å². The zero-order chi connectivity index (χ0) is 17.8. The summed E-state index contributed by atoms with van der Waals surface area (Å²) >= 11 is 0. The molecule has 0 aliphatic heterocycles. The minimum atomic E-state index is -1.13. The zero-order valence-electron chi connectivity index (χ0n) is 15.8. The highest BCUT2D eigenvalue weighted by Gasteiger charge is 2.60. The van der Waals surface area contributed by atoms with Crippen molar-refractivity contribution in [3.63, 3.8) is 0 Å². The van der Waals surface area contributed by atoms with Crippen molar-refractivity contribution < 1.29 is 19.1 Å². The van der Waals surface area contributed by atoms with E-state index in [1.54, 1.807) is 0 Å². The molecule has 2 unspecified atom stereocenters. The molecule has 0 radical (unpaired) electrons. The summed E-state index contributed by atoms with van der Waals surface area (Å²) in [6, 6.07) is 0. The van der Waals surface area contributed by atoms with Crippen LogP contribution in [0, 0.1) is 23.2 Å². The molecule has 0 aromatic heterocycles. The Morgan fingerprint density at radius 3 is 1.83 bits per heavy atom. The smallest absolute Gasteiger partial charge is 0.324 e. The summed E-state index contributed by atoms with van der Waals surface area (Å²) in [7, 11) is 0. The van der Waals surface area contributed by atoms with Gasteiger partial charge in [0, 0.05) is 0 Å². The fourth-order valence-electron chi connectivity index (χ4n) is 3.94. The van der Waals surface area contributed by atoms with Gasteiger partial charge in [0.2, 0.25) is 0 Å². The Kier molecular flexibility index (Phi) is 7.09. The fraction of sp³-hybridized carbons (Fsp3) is 0.895. The van der Waals surface area contributed by atoms with E-state index in [9.17, 15) is 9.59 Å². The number of hydrogen-bond donors (Lipinski definition) is 0. The summed E-state index contributed by atoms with van der Waals surface area (Å²) in [5.41, 5.74) is -1.13. The lowest BCUT2D eigenvalue weighted by molar-refractivity contribution is -0.181. The summed E-state index contributed by atoms with van der Waals surface area (Å²) in [5.74, 6) is 0.0194. The summed E-state index contributed by atoms with van der Waals surface area (Å²) in [6.07, 6.45) is 2.75. The van der Waals surface area contributed by atoms with E-state index in [4.69, 9.17) is 9.47 Å². The molecule has 1 aliphatic carbocycles. The first-order chi connectivity index (χ1) is 10.7. The molecule has 1 aliphatic rings. The molecule has 23 heavy (non-hydrogen) atoms. The summed E-state index contributed by atoms with van der Waals surface area (Å²) in [4.78, 5) is 25.9. The van der Waals surface area contributed by atoms with Gasteiger partial charge < -0.3 is 9.47 Å². The molecule has 0 amide bonds. The Hall–Kier alpha value is -1.06. The lowest BCUT2D eigenvalue weighted by atomic mass is 9.70. The third-order valence-corrected chi connectivity index (χ3v) is 4.89. The predicted octanol–water partition coefficient (Wildman–Crippen LogP) is 4.36. The van der Waals surface area contributed by atoms with Crippen LogP contribution >= 0.6 is 0 Å². The van der Waals surface area contributed by atoms with Crippen LogP contribution in [-0.2, 0) is 19.1 Å². The summed E-state index contributed by atoms with van der Waals surface area (Å²) < 4.78 is 11.0. The Balaban J connectivity index is 3.26. The molecule has 4 heteroatoms. The maximum absolute atomic E-state index is 12.9. The van der Waals surface area contributed by atoms with E-state index in [0.717, 1.165) is 19.3 Å². The van der Waals surface area contributed by atoms with Crippen molar-refractivity contribution in [2.45, 2.75) is 86.4 Å². The molecule has 0 aromatic carbocycles. The molecule has 1 fully saturated rings. The number of ether oxygens (including phenoxy) is 2. The molecule has 0 saturated heterocycles. The maximum atomic E-state index is 12.9. The van der Waals surface area contributed by atoms with Crippen LogP contribution in [0.5, 0.6) is 0 Å². The second kappa shape index (κ2) is 8.16. The van der Waals surface area contributed by atoms with Gasteiger partial charge in [0.15, 0.2) is 5.41 Å². The van der Waals surface area contributed by atoms with Crippen LogP contribution in [0.4, 0.5) is 0 Å². The lowest BCUT2D eigenvalue weighted by Crippen LogP contribution is -2.47. The lowest BCUT2D eigenvalue weighted by Gasteiger charge is -2.35. The van der Waals surface area contributed by atoms with E-state index in [1.807, 2.05) is 27.7 Å². The van der Waals surface area contributed by atoms with Crippen molar-refractivity contribution in [1.82, 2.24) is 0 Å². The van der Waals surface area contributed by atoms with Gasteiger partial charge in [0.25, 0.3) is 0 Å². The van der Waals surface area contributed by atoms with E-state index >= 15 is 0 Å². The largest absolute Gasteiger partial charge is 0.462 e. The standard InChI is InChI=1S/C19H34O4/c1-8-9-16-15(12(2)3)10-11-19(16,17(20)22-13(4)5)18(21)23-14(6)7/h12-16H,8-11H2,1-7H3. The molecule has 2 atom stereocenters. The molecule has 1 rings (SSSR count). The van der Waals surface area contributed by atoms with Crippen LogP contribution in [0.2, 0.25) is 0 Å². The van der Waals surface area contributed by atoms with E-state index in [0.29, 0.717) is 18.3 Å². The first-order valence-corrected chi connectivity index (χ1v) is 9.08. The van der Waals surface area contributed by atoms with Crippen LogP contribution in [0.25, 0.3) is 0 Å². The Morgan fingerprint density at radius 2 is 1.48 bits per heavy atom. The average molecular weight is 326 g/mol. The van der Waals surface area contributed by atoms with Crippen LogP contribution in [-0.4, -0.2) is 24.1 Å². The first-order valence-electron chi connectivity index (χ1n) is 9.08. The van der Waals surface area contributed by atoms with Gasteiger partial charge in [0.1, 0.15) is 0 Å². The third-order valence-electron chi connectivity index (χ3n) is 4.89. The number of esters is 2. The molecular formula is C19H34O4. The minimum Gasteiger partial charge on any atom is -0.462 e. The van der Waals surface area contributed by atoms with Gasteiger partial charge >= 0.3 is 11.9 Å². The SMILES string of the molecule is CCCC1C(C(C)C)CCC1(C(=O)OC(C)C)C(=O)OC(C)C. The Morgan fingerprint density at radius 1 is 1.00 bits per heavy atom. The highest BCUT2D eigenvalue weighted by atomic mass is 16.6. The van der Waals surface area contributed by atoms with Gasteiger partial charge in [-0.05, 0) is 64.7 Å². The third kappa shape index (κ3) is 4.27. The second-order valence-electron chi connectivity index (χ2n) is 7.72. The second-order valence-corrected chi connectivity index (χ2v) is 7.72. The minimum absolute atomic E-state index is 0.00463. The highest BCUT2D eigenvalue weighted by Crippen LogP contribution is 2.53. The van der Waals surface area contributed by atoms with Crippen LogP contribution in [0.3, 0.4) is 0 Å². The van der Waals surface area contributed by atoms with Gasteiger partial charge in [-0.25, -0.2) is 0 Å². The van der Waals surface area contributed by atoms with E-state index in [1.165, 1.54) is 0 Å². The van der Waals surface area contributed by atoms with Crippen LogP contribution in [0.15, 0.2) is 0 Å². The predicted molar refractivity (Wildman–Crippen MR) is 90.8 cm³/mol. The molecule has 4 nitrogen and oxygen atoms in total. The normalized spacial score (nSPS) is 23.6. The average Bonchev–Trinajstić information content (AvgIpc) is 2.78. The Bertz CT molecular complexity index is 390. The highest BCUT2D eigenvalue weighted by molar-refractivity contribution is 6.01. The van der Waals surface area contributed by atoms with Crippen molar-refractivity contribution in [1.29, 1.82) is 0 Å². The number of hydrogen-bond acceptors (Lipinski definition) is 4. The van der Waals surface area contributed by atoms with Gasteiger partial charge in [-0.1, -0.05) is 27.2 Å². The van der Waals surface area contributed by atoms with E-state index in [2.05, 4.69) is 20.8 Å². The molecule has 0 bridgehead atoms. The first kappa shape index (κ1) is 20.0. The quantitative estimate of drug-likeness (QED) is 0.515. The number of rotatable bonds is 7. The van der Waals surface area contributed by atoms with E-state index < -0.39 is 5.41 Å². The molecule has 0 heterocycles. The van der Waals surface area contributed by atoms with Crippen LogP contribution < -0.4 is 0 Å². The monoisotopic (exact) mass is 326 g/mol. The molecule has 0 aromatic rings. The van der Waals surface area contributed by atoms with Gasteiger partial charge in [-0.3, -0.25) is 9.59 Å². The van der Waals surface area contributed by atoms with Gasteiger partial charge in [0.05, 0.1) is 12.2 Å². The molecule has 0 N–H and O–H groups in total. The number of carbonyl (C=O) groups excluding carboxylic acids is 2. The van der Waals surface area contributed by atoms with Gasteiger partial charge in [-0.15, -0.1) is 0 Å². The summed E-state index contributed by atoms with van der Waals surface area (Å²) in [6.45, 7) is 13.7. The summed E-state index contributed by atoms with van der Waals surface area (Å²) in [5, 5.41) is 0. The van der Waals surface area contributed by atoms with Crippen LogP contribution in [0.1, 0.15) is 74.1 Å². The maximum Gasteiger partial charge on any atom is 0.324 e. The van der Waals surface area contributed by atoms with Crippen molar-refractivity contribution in [2.24, 2.45) is 23.2 Å². The van der Waals surface area contributed by atoms with E-state index in [-0.39, 0.29) is 30.1 Å². The molecule has 134 valence electrons. The number of carbonyl (C=O) groups is 2. The van der Waals surface area contributed by atoms with Crippen molar-refractivity contribution in [2.75, 3.05) is 0 Å². The van der Waals surface area contributed by atoms with Crippen molar-refractivity contribution in [3.05, 3.63) is 0 Å². The van der Waals surface area contributed by atoms with Crippen molar-refractivity contribution >= 4 is 11.9 Å². The van der Waals surface area contributed by atoms with Gasteiger partial charge in [-0.2, -0.15) is 0 Å². The topological polar surface area (TPSA) is 52.6 Å². The molecule has 1 saturated carbocycles. The zero-order valence-corrected chi connectivity index (χ0v) is 15.8.